The minimum absolute atomic E-state index is 0.00155. The molecule has 5 heteroatoms. The van der Waals surface area contributed by atoms with E-state index in [1.165, 1.54) is 0 Å². The number of nitrogens with zero attached hydrogens (tertiary/aromatic N) is 2. The lowest BCUT2D eigenvalue weighted by atomic mass is 9.95. The van der Waals surface area contributed by atoms with Gasteiger partial charge in [0, 0.05) is 7.05 Å². The Balaban J connectivity index is 2.20. The highest BCUT2D eigenvalue weighted by molar-refractivity contribution is 5.90. The van der Waals surface area contributed by atoms with Crippen LogP contribution in [0.4, 0.5) is 10.5 Å². The largest absolute Gasteiger partial charge is 0.359 e. The first-order valence-electron chi connectivity index (χ1n) is 7.43. The van der Waals surface area contributed by atoms with Crippen LogP contribution in [-0.4, -0.2) is 23.1 Å². The van der Waals surface area contributed by atoms with Crippen LogP contribution in [0.1, 0.15) is 36.9 Å². The van der Waals surface area contributed by atoms with Crippen molar-refractivity contribution in [3.8, 4) is 0 Å². The van der Waals surface area contributed by atoms with Crippen molar-refractivity contribution < 1.29 is 9.32 Å². The van der Waals surface area contributed by atoms with E-state index in [4.69, 9.17) is 4.52 Å². The number of hydrogen-bond donors (Lipinski definition) is 1. The second kappa shape index (κ2) is 6.64. The van der Waals surface area contributed by atoms with E-state index in [1.807, 2.05) is 44.3 Å². The van der Waals surface area contributed by atoms with Crippen molar-refractivity contribution >= 4 is 11.7 Å². The summed E-state index contributed by atoms with van der Waals surface area (Å²) >= 11 is 0. The lowest BCUT2D eigenvalue weighted by Gasteiger charge is -2.31. The summed E-state index contributed by atoms with van der Waals surface area (Å²) in [4.78, 5) is 14.3. The van der Waals surface area contributed by atoms with Gasteiger partial charge in [0.2, 0.25) is 0 Å². The molecule has 2 aromatic rings. The Morgan fingerprint density at radius 2 is 1.86 bits per heavy atom. The van der Waals surface area contributed by atoms with Crippen molar-refractivity contribution in [3.05, 3.63) is 47.3 Å². The molecule has 22 heavy (non-hydrogen) atoms. The molecule has 0 fully saturated rings. The first-order chi connectivity index (χ1) is 10.4. The smallest absolute Gasteiger partial charge is 0.322 e. The number of anilines is 1. The molecular formula is C17H23N3O2. The lowest BCUT2D eigenvalue weighted by Crippen LogP contribution is -2.37. The van der Waals surface area contributed by atoms with E-state index in [0.29, 0.717) is 23.1 Å². The Kier molecular flexibility index (Phi) is 4.85. The van der Waals surface area contributed by atoms with Gasteiger partial charge in [0.1, 0.15) is 11.4 Å². The molecule has 1 heterocycles. The van der Waals surface area contributed by atoms with Crippen molar-refractivity contribution in [2.75, 3.05) is 12.4 Å². The molecule has 0 radical (unpaired) electrons. The molecule has 5 nitrogen and oxygen atoms in total. The van der Waals surface area contributed by atoms with Gasteiger partial charge in [0.15, 0.2) is 5.76 Å². The number of carbonyl (C=O) groups excluding carboxylic acids is 1. The highest BCUT2D eigenvalue weighted by atomic mass is 16.5. The zero-order valence-corrected chi connectivity index (χ0v) is 13.8. The maximum absolute atomic E-state index is 12.6. The summed E-state index contributed by atoms with van der Waals surface area (Å²) in [6.45, 7) is 7.81. The third-order valence-corrected chi connectivity index (χ3v) is 3.78. The van der Waals surface area contributed by atoms with Crippen LogP contribution in [0.3, 0.4) is 0 Å². The molecule has 1 unspecified atom stereocenters. The fraction of sp³-hybridized carbons (Fsp3) is 0.412. The SMILES string of the molecule is Cc1noc(C)c1NC(=O)N(C)C(c1ccccc1)C(C)C. The maximum Gasteiger partial charge on any atom is 0.322 e. The van der Waals surface area contributed by atoms with E-state index in [1.54, 1.807) is 11.8 Å². The fourth-order valence-corrected chi connectivity index (χ4v) is 2.69. The van der Waals surface area contributed by atoms with Gasteiger partial charge >= 0.3 is 6.03 Å². The van der Waals surface area contributed by atoms with Crippen LogP contribution in [0, 0.1) is 19.8 Å². The Labute approximate surface area is 131 Å². The van der Waals surface area contributed by atoms with Crippen molar-refractivity contribution in [1.29, 1.82) is 0 Å². The minimum atomic E-state index is -0.169. The van der Waals surface area contributed by atoms with E-state index < -0.39 is 0 Å². The number of hydrogen-bond acceptors (Lipinski definition) is 3. The first-order valence-corrected chi connectivity index (χ1v) is 7.43. The van der Waals surface area contributed by atoms with Gasteiger partial charge in [-0.3, -0.25) is 0 Å². The molecule has 118 valence electrons. The summed E-state index contributed by atoms with van der Waals surface area (Å²) in [5.41, 5.74) is 2.45. The van der Waals surface area contributed by atoms with E-state index in [9.17, 15) is 4.79 Å². The number of aromatic nitrogens is 1. The summed E-state index contributed by atoms with van der Waals surface area (Å²) in [7, 11) is 1.81. The third-order valence-electron chi connectivity index (χ3n) is 3.78. The number of nitrogens with one attached hydrogen (secondary N) is 1. The Morgan fingerprint density at radius 3 is 2.36 bits per heavy atom. The predicted molar refractivity (Wildman–Crippen MR) is 86.8 cm³/mol. The van der Waals surface area contributed by atoms with E-state index in [2.05, 4.69) is 24.3 Å². The van der Waals surface area contributed by atoms with Gasteiger partial charge in [-0.15, -0.1) is 0 Å². The average molecular weight is 301 g/mol. The molecular weight excluding hydrogens is 278 g/mol. The average Bonchev–Trinajstić information content (AvgIpc) is 2.80. The van der Waals surface area contributed by atoms with Gasteiger partial charge in [-0.2, -0.15) is 0 Å². The standard InChI is InChI=1S/C17H23N3O2/c1-11(2)16(14-9-7-6-8-10-14)20(5)17(21)18-15-12(3)19-22-13(15)4/h6-11,16H,1-5H3,(H,18,21). The minimum Gasteiger partial charge on any atom is -0.359 e. The van der Waals surface area contributed by atoms with Crippen LogP contribution in [0.15, 0.2) is 34.9 Å². The van der Waals surface area contributed by atoms with Gasteiger partial charge in [-0.25, -0.2) is 4.79 Å². The zero-order chi connectivity index (χ0) is 16.3. The molecule has 1 atom stereocenters. The molecule has 1 aromatic heterocycles. The van der Waals surface area contributed by atoms with Crippen LogP contribution in [-0.2, 0) is 0 Å². The molecule has 0 bridgehead atoms. The molecule has 0 spiro atoms. The Morgan fingerprint density at radius 1 is 1.23 bits per heavy atom. The third kappa shape index (κ3) is 3.30. The second-order valence-corrected chi connectivity index (χ2v) is 5.84. The zero-order valence-electron chi connectivity index (χ0n) is 13.8. The van der Waals surface area contributed by atoms with Crippen LogP contribution in [0.25, 0.3) is 0 Å². The number of aryl methyl sites for hydroxylation is 2. The highest BCUT2D eigenvalue weighted by Gasteiger charge is 2.25. The molecule has 0 saturated heterocycles. The lowest BCUT2D eigenvalue weighted by molar-refractivity contribution is 0.186. The Bertz CT molecular complexity index is 615. The topological polar surface area (TPSA) is 58.4 Å². The van der Waals surface area contributed by atoms with Gasteiger partial charge in [-0.05, 0) is 25.3 Å². The molecule has 2 amide bonds. The normalized spacial score (nSPS) is 12.3. The number of rotatable bonds is 4. The predicted octanol–water partition coefficient (Wildman–Crippen LogP) is 4.15. The maximum atomic E-state index is 12.6. The van der Waals surface area contributed by atoms with Crippen LogP contribution >= 0.6 is 0 Å². The van der Waals surface area contributed by atoms with E-state index >= 15 is 0 Å². The van der Waals surface area contributed by atoms with Crippen molar-refractivity contribution in [3.63, 3.8) is 0 Å². The van der Waals surface area contributed by atoms with Crippen LogP contribution in [0.2, 0.25) is 0 Å². The van der Waals surface area contributed by atoms with E-state index in [-0.39, 0.29) is 12.1 Å². The van der Waals surface area contributed by atoms with Crippen molar-refractivity contribution in [1.82, 2.24) is 10.1 Å². The van der Waals surface area contributed by atoms with Crippen molar-refractivity contribution in [2.45, 2.75) is 33.7 Å². The van der Waals surface area contributed by atoms with Crippen LogP contribution in [0.5, 0.6) is 0 Å². The van der Waals surface area contributed by atoms with E-state index in [0.717, 1.165) is 5.56 Å². The quantitative estimate of drug-likeness (QED) is 0.922. The summed E-state index contributed by atoms with van der Waals surface area (Å²) in [5, 5.41) is 6.75. The fourth-order valence-electron chi connectivity index (χ4n) is 2.69. The van der Waals surface area contributed by atoms with Crippen LogP contribution < -0.4 is 5.32 Å². The summed E-state index contributed by atoms with van der Waals surface area (Å²) in [6, 6.07) is 9.88. The molecule has 1 aromatic carbocycles. The molecule has 1 N–H and O–H groups in total. The first kappa shape index (κ1) is 16.1. The number of benzene rings is 1. The highest BCUT2D eigenvalue weighted by Crippen LogP contribution is 2.28. The molecule has 0 aliphatic rings. The van der Waals surface area contributed by atoms with Gasteiger partial charge in [-0.1, -0.05) is 49.3 Å². The molecule has 2 rings (SSSR count). The number of carbonyl (C=O) groups is 1. The van der Waals surface area contributed by atoms with Gasteiger partial charge < -0.3 is 14.7 Å². The monoisotopic (exact) mass is 301 g/mol. The second-order valence-electron chi connectivity index (χ2n) is 5.84. The summed E-state index contributed by atoms with van der Waals surface area (Å²) in [6.07, 6.45) is 0. The van der Waals surface area contributed by atoms with Gasteiger partial charge in [0.05, 0.1) is 6.04 Å². The molecule has 0 aliphatic heterocycles. The summed E-state index contributed by atoms with van der Waals surface area (Å²) in [5.74, 6) is 0.905. The van der Waals surface area contributed by atoms with Gasteiger partial charge in [0.25, 0.3) is 0 Å². The summed E-state index contributed by atoms with van der Waals surface area (Å²) < 4.78 is 5.09. The van der Waals surface area contributed by atoms with Crippen molar-refractivity contribution in [2.24, 2.45) is 5.92 Å². The Hall–Kier alpha value is -2.30. The number of amides is 2. The number of urea groups is 1. The molecule has 0 aliphatic carbocycles. The molecule has 0 saturated carbocycles.